The third-order valence-electron chi connectivity index (χ3n) is 3.63. The molecular weight excluding hydrogens is 318 g/mol. The van der Waals surface area contributed by atoms with E-state index in [0.29, 0.717) is 24.4 Å². The predicted molar refractivity (Wildman–Crippen MR) is 99.0 cm³/mol. The number of amides is 2. The number of anilines is 2. The second-order valence-electron chi connectivity index (χ2n) is 5.49. The number of hydrogen-bond donors (Lipinski definition) is 2. The minimum Gasteiger partial charge on any atom is -0.383 e. The van der Waals surface area contributed by atoms with Crippen molar-refractivity contribution in [1.82, 2.24) is 5.32 Å². The van der Waals surface area contributed by atoms with Crippen molar-refractivity contribution in [3.05, 3.63) is 60.2 Å². The Bertz CT molecular complexity index is 687. The fourth-order valence-corrected chi connectivity index (χ4v) is 2.24. The van der Waals surface area contributed by atoms with E-state index in [-0.39, 0.29) is 18.4 Å². The van der Waals surface area contributed by atoms with Crippen molar-refractivity contribution in [3.63, 3.8) is 0 Å². The molecule has 0 aliphatic rings. The lowest BCUT2D eigenvalue weighted by Crippen LogP contribution is -2.30. The Kier molecular flexibility index (Phi) is 7.13. The van der Waals surface area contributed by atoms with Crippen LogP contribution in [0.1, 0.15) is 10.4 Å². The van der Waals surface area contributed by atoms with Crippen LogP contribution in [0.5, 0.6) is 0 Å². The van der Waals surface area contributed by atoms with Crippen molar-refractivity contribution in [3.8, 4) is 0 Å². The monoisotopic (exact) mass is 341 g/mol. The number of para-hydroxylation sites is 1. The van der Waals surface area contributed by atoms with Gasteiger partial charge in [-0.15, -0.1) is 0 Å². The van der Waals surface area contributed by atoms with E-state index in [4.69, 9.17) is 4.74 Å². The first-order valence-electron chi connectivity index (χ1n) is 8.04. The fourth-order valence-electron chi connectivity index (χ4n) is 2.24. The summed E-state index contributed by atoms with van der Waals surface area (Å²) in [6, 6.07) is 16.3. The highest BCUT2D eigenvalue weighted by atomic mass is 16.5. The average molecular weight is 341 g/mol. The van der Waals surface area contributed by atoms with Gasteiger partial charge < -0.3 is 20.3 Å². The van der Waals surface area contributed by atoms with Gasteiger partial charge in [-0.05, 0) is 36.4 Å². The quantitative estimate of drug-likeness (QED) is 0.722. The molecule has 0 heterocycles. The van der Waals surface area contributed by atoms with Gasteiger partial charge in [0.25, 0.3) is 5.91 Å². The van der Waals surface area contributed by atoms with Gasteiger partial charge in [-0.3, -0.25) is 9.59 Å². The van der Waals surface area contributed by atoms with E-state index < -0.39 is 0 Å². The van der Waals surface area contributed by atoms with Crippen LogP contribution in [0.4, 0.5) is 11.4 Å². The topological polar surface area (TPSA) is 70.7 Å². The molecule has 0 aliphatic heterocycles. The molecule has 2 rings (SSSR count). The number of carbonyl (C=O) groups is 2. The zero-order valence-electron chi connectivity index (χ0n) is 14.5. The van der Waals surface area contributed by atoms with Crippen LogP contribution in [0.15, 0.2) is 54.6 Å². The van der Waals surface area contributed by atoms with Crippen molar-refractivity contribution in [2.45, 2.75) is 0 Å². The summed E-state index contributed by atoms with van der Waals surface area (Å²) in [4.78, 5) is 25.9. The molecule has 0 radical (unpaired) electrons. The second kappa shape index (κ2) is 9.56. The molecule has 0 bridgehead atoms. The first-order valence-corrected chi connectivity index (χ1v) is 8.04. The van der Waals surface area contributed by atoms with Gasteiger partial charge >= 0.3 is 0 Å². The standard InChI is InChI=1S/C19H23N3O3/c1-22(17-6-4-3-5-7-17)19(24)15-8-10-16(11-9-15)21-18(23)14-20-12-13-25-2/h3-11,20H,12-14H2,1-2H3,(H,21,23). The molecule has 0 aliphatic carbocycles. The summed E-state index contributed by atoms with van der Waals surface area (Å²) in [5.41, 5.74) is 2.03. The van der Waals surface area contributed by atoms with Gasteiger partial charge in [0.2, 0.25) is 5.91 Å². The van der Waals surface area contributed by atoms with Crippen molar-refractivity contribution in [2.75, 3.05) is 44.1 Å². The molecular formula is C19H23N3O3. The molecule has 0 spiro atoms. The summed E-state index contributed by atoms with van der Waals surface area (Å²) in [6.07, 6.45) is 0. The number of rotatable bonds is 8. The smallest absolute Gasteiger partial charge is 0.258 e. The molecule has 2 amide bonds. The Hall–Kier alpha value is -2.70. The third-order valence-corrected chi connectivity index (χ3v) is 3.63. The maximum atomic E-state index is 12.5. The first kappa shape index (κ1) is 18.6. The SMILES string of the molecule is COCCNCC(=O)Nc1ccc(C(=O)N(C)c2ccccc2)cc1. The number of nitrogens with one attached hydrogen (secondary N) is 2. The zero-order valence-corrected chi connectivity index (χ0v) is 14.5. The van der Waals surface area contributed by atoms with Gasteiger partial charge in [0.15, 0.2) is 0 Å². The molecule has 0 saturated heterocycles. The average Bonchev–Trinajstić information content (AvgIpc) is 2.65. The van der Waals surface area contributed by atoms with Gasteiger partial charge in [-0.25, -0.2) is 0 Å². The molecule has 0 saturated carbocycles. The molecule has 0 fully saturated rings. The Labute approximate surface area is 147 Å². The summed E-state index contributed by atoms with van der Waals surface area (Å²) in [5, 5.41) is 5.75. The molecule has 0 unspecified atom stereocenters. The summed E-state index contributed by atoms with van der Waals surface area (Å²) in [5.74, 6) is -0.248. The van der Waals surface area contributed by atoms with E-state index >= 15 is 0 Å². The van der Waals surface area contributed by atoms with Gasteiger partial charge in [-0.1, -0.05) is 18.2 Å². The lowest BCUT2D eigenvalue weighted by atomic mass is 10.1. The van der Waals surface area contributed by atoms with Crippen LogP contribution in [-0.4, -0.2) is 45.7 Å². The maximum Gasteiger partial charge on any atom is 0.258 e. The highest BCUT2D eigenvalue weighted by Gasteiger charge is 2.13. The molecule has 132 valence electrons. The van der Waals surface area contributed by atoms with E-state index in [9.17, 15) is 9.59 Å². The van der Waals surface area contributed by atoms with Crippen LogP contribution in [-0.2, 0) is 9.53 Å². The minimum absolute atomic E-state index is 0.106. The summed E-state index contributed by atoms with van der Waals surface area (Å²) < 4.78 is 4.90. The second-order valence-corrected chi connectivity index (χ2v) is 5.49. The van der Waals surface area contributed by atoms with E-state index in [1.54, 1.807) is 43.3 Å². The van der Waals surface area contributed by atoms with E-state index in [2.05, 4.69) is 10.6 Å². The summed E-state index contributed by atoms with van der Waals surface area (Å²) in [7, 11) is 3.35. The number of benzene rings is 2. The van der Waals surface area contributed by atoms with Gasteiger partial charge in [0.1, 0.15) is 0 Å². The van der Waals surface area contributed by atoms with Crippen molar-refractivity contribution >= 4 is 23.2 Å². The zero-order chi connectivity index (χ0) is 18.1. The molecule has 2 aromatic rings. The van der Waals surface area contributed by atoms with Crippen molar-refractivity contribution in [1.29, 1.82) is 0 Å². The molecule has 2 aromatic carbocycles. The fraction of sp³-hybridized carbons (Fsp3) is 0.263. The van der Waals surface area contributed by atoms with Crippen molar-refractivity contribution < 1.29 is 14.3 Å². The Morgan fingerprint density at radius 2 is 1.72 bits per heavy atom. The molecule has 0 atom stereocenters. The normalized spacial score (nSPS) is 10.3. The number of carbonyl (C=O) groups excluding carboxylic acids is 2. The largest absolute Gasteiger partial charge is 0.383 e. The maximum absolute atomic E-state index is 12.5. The lowest BCUT2D eigenvalue weighted by Gasteiger charge is -2.17. The first-order chi connectivity index (χ1) is 12.1. The van der Waals surface area contributed by atoms with E-state index in [0.717, 1.165) is 5.69 Å². The molecule has 6 nitrogen and oxygen atoms in total. The lowest BCUT2D eigenvalue weighted by molar-refractivity contribution is -0.115. The van der Waals surface area contributed by atoms with Crippen LogP contribution in [0.2, 0.25) is 0 Å². The van der Waals surface area contributed by atoms with Gasteiger partial charge in [-0.2, -0.15) is 0 Å². The number of hydrogen-bond acceptors (Lipinski definition) is 4. The summed E-state index contributed by atoms with van der Waals surface area (Å²) >= 11 is 0. The Morgan fingerprint density at radius 3 is 2.36 bits per heavy atom. The van der Waals surface area contributed by atoms with Gasteiger partial charge in [0.05, 0.1) is 13.2 Å². The van der Waals surface area contributed by atoms with Crippen LogP contribution in [0.25, 0.3) is 0 Å². The van der Waals surface area contributed by atoms with E-state index in [1.807, 2.05) is 30.3 Å². The summed E-state index contributed by atoms with van der Waals surface area (Å²) in [6.45, 7) is 1.38. The molecule has 2 N–H and O–H groups in total. The van der Waals surface area contributed by atoms with Crippen LogP contribution >= 0.6 is 0 Å². The van der Waals surface area contributed by atoms with E-state index in [1.165, 1.54) is 0 Å². The number of ether oxygens (including phenoxy) is 1. The predicted octanol–water partition coefficient (Wildman–Crippen LogP) is 2.14. The molecule has 25 heavy (non-hydrogen) atoms. The molecule has 0 aromatic heterocycles. The highest BCUT2D eigenvalue weighted by molar-refractivity contribution is 6.06. The Balaban J connectivity index is 1.91. The van der Waals surface area contributed by atoms with Crippen molar-refractivity contribution in [2.24, 2.45) is 0 Å². The highest BCUT2D eigenvalue weighted by Crippen LogP contribution is 2.16. The van der Waals surface area contributed by atoms with Crippen LogP contribution in [0.3, 0.4) is 0 Å². The number of methoxy groups -OCH3 is 1. The Morgan fingerprint density at radius 1 is 1.04 bits per heavy atom. The molecule has 6 heteroatoms. The van der Waals surface area contributed by atoms with Crippen LogP contribution in [0, 0.1) is 0 Å². The number of nitrogens with zero attached hydrogens (tertiary/aromatic N) is 1. The third kappa shape index (κ3) is 5.70. The van der Waals surface area contributed by atoms with Gasteiger partial charge in [0, 0.05) is 37.6 Å². The van der Waals surface area contributed by atoms with Crippen LogP contribution < -0.4 is 15.5 Å². The minimum atomic E-state index is -0.142.